The van der Waals surface area contributed by atoms with Gasteiger partial charge in [-0.2, -0.15) is 0 Å². The standard InChI is InChI=1S/C20H30ClN3O5/c1-28-17-11-15(22)14(21)10-13(17)20(27)23-16-7-9-24(12-18(16)29-2)8-5-3-4-6-19(25)26/h10-11,16,18H,3-9,12,22H2,1-2H3,(H,23,27)(H,25,26). The first-order valence-electron chi connectivity index (χ1n) is 9.76. The molecule has 0 aliphatic carbocycles. The van der Waals surface area contributed by atoms with Crippen LogP contribution >= 0.6 is 11.6 Å². The normalized spacial score (nSPS) is 19.7. The summed E-state index contributed by atoms with van der Waals surface area (Å²) in [5.74, 6) is -0.657. The number of carboxylic acids is 1. The largest absolute Gasteiger partial charge is 0.496 e. The number of methoxy groups -OCH3 is 2. The fourth-order valence-corrected chi connectivity index (χ4v) is 3.70. The van der Waals surface area contributed by atoms with Crippen LogP contribution in [0.2, 0.25) is 5.02 Å². The SMILES string of the molecule is COc1cc(N)c(Cl)cc1C(=O)NC1CCN(CCCCCC(=O)O)CC1OC. The number of carbonyl (C=O) groups excluding carboxylic acids is 1. The summed E-state index contributed by atoms with van der Waals surface area (Å²) < 4.78 is 10.9. The van der Waals surface area contributed by atoms with E-state index in [2.05, 4.69) is 10.2 Å². The van der Waals surface area contributed by atoms with Crippen LogP contribution in [0.25, 0.3) is 0 Å². The molecule has 0 bridgehead atoms. The van der Waals surface area contributed by atoms with E-state index in [4.69, 9.17) is 31.9 Å². The predicted octanol–water partition coefficient (Wildman–Crippen LogP) is 2.39. The van der Waals surface area contributed by atoms with E-state index in [1.807, 2.05) is 0 Å². The molecule has 0 radical (unpaired) electrons. The maximum Gasteiger partial charge on any atom is 0.303 e. The lowest BCUT2D eigenvalue weighted by molar-refractivity contribution is -0.137. The van der Waals surface area contributed by atoms with E-state index >= 15 is 0 Å². The molecule has 1 aromatic rings. The number of nitrogens with one attached hydrogen (secondary N) is 1. The van der Waals surface area contributed by atoms with Gasteiger partial charge in [0.1, 0.15) is 5.75 Å². The van der Waals surface area contributed by atoms with Gasteiger partial charge in [0.2, 0.25) is 0 Å². The summed E-state index contributed by atoms with van der Waals surface area (Å²) in [4.78, 5) is 25.6. The summed E-state index contributed by atoms with van der Waals surface area (Å²) in [6.07, 6.45) is 3.36. The van der Waals surface area contributed by atoms with Crippen LogP contribution in [0.15, 0.2) is 12.1 Å². The molecule has 29 heavy (non-hydrogen) atoms. The van der Waals surface area contributed by atoms with Crippen LogP contribution in [0.1, 0.15) is 42.5 Å². The topological polar surface area (TPSA) is 114 Å². The number of amides is 1. The van der Waals surface area contributed by atoms with Gasteiger partial charge in [-0.3, -0.25) is 9.59 Å². The van der Waals surface area contributed by atoms with Crippen molar-refractivity contribution >= 4 is 29.2 Å². The van der Waals surface area contributed by atoms with E-state index in [9.17, 15) is 9.59 Å². The molecule has 8 nitrogen and oxygen atoms in total. The highest BCUT2D eigenvalue weighted by molar-refractivity contribution is 6.33. The van der Waals surface area contributed by atoms with E-state index in [0.29, 0.717) is 35.0 Å². The van der Waals surface area contributed by atoms with Gasteiger partial charge in [-0.1, -0.05) is 18.0 Å². The Morgan fingerprint density at radius 3 is 2.72 bits per heavy atom. The van der Waals surface area contributed by atoms with Crippen molar-refractivity contribution in [1.29, 1.82) is 0 Å². The number of rotatable bonds is 10. The Hall–Kier alpha value is -2.03. The van der Waals surface area contributed by atoms with Crippen LogP contribution < -0.4 is 15.8 Å². The zero-order valence-corrected chi connectivity index (χ0v) is 17.7. The Morgan fingerprint density at radius 2 is 2.07 bits per heavy atom. The third kappa shape index (κ3) is 6.76. The molecule has 1 saturated heterocycles. The number of carbonyl (C=O) groups is 2. The van der Waals surface area contributed by atoms with Crippen molar-refractivity contribution in [2.75, 3.05) is 39.6 Å². The molecule has 1 aromatic carbocycles. The molecule has 4 N–H and O–H groups in total. The number of piperidine rings is 1. The smallest absolute Gasteiger partial charge is 0.303 e. The first kappa shape index (κ1) is 23.3. The highest BCUT2D eigenvalue weighted by atomic mass is 35.5. The van der Waals surface area contributed by atoms with Gasteiger partial charge in [0, 0.05) is 32.7 Å². The molecular weight excluding hydrogens is 398 g/mol. The van der Waals surface area contributed by atoms with Crippen molar-refractivity contribution < 1.29 is 24.2 Å². The average molecular weight is 428 g/mol. The summed E-state index contributed by atoms with van der Waals surface area (Å²) in [6, 6.07) is 2.92. The van der Waals surface area contributed by atoms with Gasteiger partial charge in [0.15, 0.2) is 0 Å². The molecule has 0 aromatic heterocycles. The average Bonchev–Trinajstić information content (AvgIpc) is 2.69. The van der Waals surface area contributed by atoms with E-state index in [-0.39, 0.29) is 24.5 Å². The Balaban J connectivity index is 1.90. The second-order valence-electron chi connectivity index (χ2n) is 7.22. The number of hydrogen-bond donors (Lipinski definition) is 3. The van der Waals surface area contributed by atoms with Crippen molar-refractivity contribution in [1.82, 2.24) is 10.2 Å². The number of nitrogen functional groups attached to an aromatic ring is 1. The molecule has 1 fully saturated rings. The zero-order valence-electron chi connectivity index (χ0n) is 16.9. The molecule has 2 atom stereocenters. The number of hydrogen-bond acceptors (Lipinski definition) is 6. The van der Waals surface area contributed by atoms with E-state index in [0.717, 1.165) is 32.4 Å². The minimum atomic E-state index is -0.750. The lowest BCUT2D eigenvalue weighted by atomic mass is 10.00. The minimum absolute atomic E-state index is 0.128. The monoisotopic (exact) mass is 427 g/mol. The lowest BCUT2D eigenvalue weighted by Crippen LogP contribution is -2.54. The summed E-state index contributed by atoms with van der Waals surface area (Å²) >= 11 is 6.07. The Labute approximate surface area is 176 Å². The molecular formula is C20H30ClN3O5. The number of aliphatic carboxylic acids is 1. The summed E-state index contributed by atoms with van der Waals surface area (Å²) in [5.41, 5.74) is 6.47. The van der Waals surface area contributed by atoms with Gasteiger partial charge < -0.3 is 30.5 Å². The number of nitrogens with zero attached hydrogens (tertiary/aromatic N) is 1. The van der Waals surface area contributed by atoms with Crippen LogP contribution in [0.5, 0.6) is 5.75 Å². The number of halogens is 1. The Bertz CT molecular complexity index is 716. The fraction of sp³-hybridized carbons (Fsp3) is 0.600. The molecule has 2 unspecified atom stereocenters. The number of ether oxygens (including phenoxy) is 2. The van der Waals surface area contributed by atoms with E-state index in [1.165, 1.54) is 19.2 Å². The first-order valence-corrected chi connectivity index (χ1v) is 10.1. The van der Waals surface area contributed by atoms with Crippen molar-refractivity contribution in [3.8, 4) is 5.75 Å². The maximum absolute atomic E-state index is 12.8. The molecule has 1 heterocycles. The summed E-state index contributed by atoms with van der Waals surface area (Å²) in [7, 11) is 3.12. The summed E-state index contributed by atoms with van der Waals surface area (Å²) in [6.45, 7) is 2.44. The molecule has 9 heteroatoms. The number of unbranched alkanes of at least 4 members (excludes halogenated alkanes) is 2. The number of anilines is 1. The number of carboxylic acid groups (broad SMARTS) is 1. The summed E-state index contributed by atoms with van der Waals surface area (Å²) in [5, 5.41) is 12.0. The van der Waals surface area contributed by atoms with Crippen LogP contribution in [0, 0.1) is 0 Å². The molecule has 2 rings (SSSR count). The van der Waals surface area contributed by atoms with Crippen molar-refractivity contribution in [3.05, 3.63) is 22.7 Å². The molecule has 1 amide bonds. The van der Waals surface area contributed by atoms with Crippen LogP contribution in [0.3, 0.4) is 0 Å². The van der Waals surface area contributed by atoms with Gasteiger partial charge in [-0.25, -0.2) is 0 Å². The van der Waals surface area contributed by atoms with Gasteiger partial charge >= 0.3 is 5.97 Å². The van der Waals surface area contributed by atoms with Gasteiger partial charge in [0.05, 0.1) is 35.5 Å². The second-order valence-corrected chi connectivity index (χ2v) is 7.63. The minimum Gasteiger partial charge on any atom is -0.496 e. The molecule has 0 saturated carbocycles. The first-order chi connectivity index (χ1) is 13.8. The molecule has 0 spiro atoms. The molecule has 162 valence electrons. The van der Waals surface area contributed by atoms with Gasteiger partial charge in [-0.15, -0.1) is 0 Å². The van der Waals surface area contributed by atoms with Crippen molar-refractivity contribution in [3.63, 3.8) is 0 Å². The second kappa shape index (κ2) is 11.2. The van der Waals surface area contributed by atoms with Crippen LogP contribution in [0.4, 0.5) is 5.69 Å². The number of benzene rings is 1. The predicted molar refractivity (Wildman–Crippen MR) is 112 cm³/mol. The quantitative estimate of drug-likeness (QED) is 0.388. The lowest BCUT2D eigenvalue weighted by Gasteiger charge is -2.38. The van der Waals surface area contributed by atoms with Crippen molar-refractivity contribution in [2.45, 2.75) is 44.2 Å². The van der Waals surface area contributed by atoms with Crippen LogP contribution in [-0.4, -0.2) is 67.9 Å². The van der Waals surface area contributed by atoms with Gasteiger partial charge in [0.25, 0.3) is 5.91 Å². The third-order valence-corrected chi connectivity index (χ3v) is 5.52. The van der Waals surface area contributed by atoms with E-state index in [1.54, 1.807) is 7.11 Å². The maximum atomic E-state index is 12.8. The zero-order chi connectivity index (χ0) is 21.4. The highest BCUT2D eigenvalue weighted by Gasteiger charge is 2.31. The number of nitrogens with two attached hydrogens (primary N) is 1. The number of likely N-dealkylation sites (tertiary alicyclic amines) is 1. The Kier molecular flexibility index (Phi) is 9.00. The van der Waals surface area contributed by atoms with Crippen molar-refractivity contribution in [2.24, 2.45) is 0 Å². The fourth-order valence-electron chi connectivity index (χ4n) is 3.54. The van der Waals surface area contributed by atoms with Gasteiger partial charge in [-0.05, 0) is 31.9 Å². The van der Waals surface area contributed by atoms with Crippen LogP contribution in [-0.2, 0) is 9.53 Å². The Morgan fingerprint density at radius 1 is 1.31 bits per heavy atom. The third-order valence-electron chi connectivity index (χ3n) is 5.19. The molecule has 1 aliphatic rings. The van der Waals surface area contributed by atoms with E-state index < -0.39 is 5.97 Å². The highest BCUT2D eigenvalue weighted by Crippen LogP contribution is 2.29. The molecule has 1 aliphatic heterocycles.